The molecule has 0 aromatic rings. The third-order valence-electron chi connectivity index (χ3n) is 1.88. The maximum absolute atomic E-state index is 2.62. The van der Waals surface area contributed by atoms with Gasteiger partial charge in [-0.3, -0.25) is 0 Å². The van der Waals surface area contributed by atoms with Gasteiger partial charge in [-0.15, -0.1) is 0 Å². The SMILES string of the molecule is CCC1=C(C)[C]([V+3])=CC1.[Cl-].[Cl-].[Cl-]. The maximum Gasteiger partial charge on any atom is -1.00 e. The van der Waals surface area contributed by atoms with E-state index in [1.54, 1.807) is 5.57 Å². The zero-order chi connectivity index (χ0) is 6.85. The predicted octanol–water partition coefficient (Wildman–Crippen LogP) is -6.44. The Morgan fingerprint density at radius 3 is 2.00 bits per heavy atom. The van der Waals surface area contributed by atoms with Gasteiger partial charge >= 0.3 is 65.6 Å². The Bertz CT molecular complexity index is 185. The molecule has 0 fully saturated rings. The van der Waals surface area contributed by atoms with Crippen LogP contribution < -0.4 is 37.2 Å². The molecule has 0 aromatic carbocycles. The van der Waals surface area contributed by atoms with Crippen molar-refractivity contribution in [1.29, 1.82) is 0 Å². The fraction of sp³-hybridized carbons (Fsp3) is 0.500. The molecule has 0 saturated carbocycles. The van der Waals surface area contributed by atoms with Crippen molar-refractivity contribution in [3.8, 4) is 0 Å². The largest absolute Gasteiger partial charge is 1.00 e. The summed E-state index contributed by atoms with van der Waals surface area (Å²) in [5, 5.41) is 0. The van der Waals surface area contributed by atoms with Gasteiger partial charge in [-0.25, -0.2) is 0 Å². The van der Waals surface area contributed by atoms with Crippen LogP contribution in [-0.2, 0) is 17.4 Å². The first-order chi connectivity index (χ1) is 4.25. The van der Waals surface area contributed by atoms with Crippen LogP contribution in [0.1, 0.15) is 26.7 Å². The molecule has 0 nitrogen and oxygen atoms in total. The van der Waals surface area contributed by atoms with Gasteiger partial charge in [0.1, 0.15) is 0 Å². The molecule has 1 rings (SSSR count). The summed E-state index contributed by atoms with van der Waals surface area (Å²) >= 11 is 2.62. The minimum atomic E-state index is 0. The summed E-state index contributed by atoms with van der Waals surface area (Å²) in [6.45, 7) is 4.42. The van der Waals surface area contributed by atoms with Crippen LogP contribution in [0.4, 0.5) is 0 Å². The van der Waals surface area contributed by atoms with E-state index in [0.29, 0.717) is 0 Å². The van der Waals surface area contributed by atoms with Crippen LogP contribution in [0.25, 0.3) is 0 Å². The Labute approximate surface area is 102 Å². The van der Waals surface area contributed by atoms with Crippen LogP contribution in [-0.4, -0.2) is 0 Å². The third-order valence-corrected chi connectivity index (χ3v) is 2.69. The van der Waals surface area contributed by atoms with Crippen molar-refractivity contribution >= 4 is 0 Å². The summed E-state index contributed by atoms with van der Waals surface area (Å²) in [5.41, 5.74) is 3.10. The molecule has 69 valence electrons. The summed E-state index contributed by atoms with van der Waals surface area (Å²) in [5.74, 6) is 0. The van der Waals surface area contributed by atoms with Crippen molar-refractivity contribution in [2.45, 2.75) is 26.7 Å². The number of allylic oxidation sites excluding steroid dienone is 4. The van der Waals surface area contributed by atoms with E-state index in [4.69, 9.17) is 0 Å². The first-order valence-electron chi connectivity index (χ1n) is 3.33. The van der Waals surface area contributed by atoms with Gasteiger partial charge < -0.3 is 37.2 Å². The van der Waals surface area contributed by atoms with E-state index in [0.717, 1.165) is 0 Å². The van der Waals surface area contributed by atoms with Gasteiger partial charge in [-0.1, -0.05) is 0 Å². The molecule has 0 atom stereocenters. The summed E-state index contributed by atoms with van der Waals surface area (Å²) < 4.78 is 1.42. The average Bonchev–Trinajstić information content (AvgIpc) is 2.15. The van der Waals surface area contributed by atoms with Gasteiger partial charge in [-0.2, -0.15) is 0 Å². The standard InChI is InChI=1S/C8H11.3ClH.V/c1-3-8-6-4-5-7(8)2;;;;/h4H,3,6H2,1-2H3;3*1H;/q;;;;+3/p-3. The van der Waals surface area contributed by atoms with E-state index in [1.165, 1.54) is 22.7 Å². The fourth-order valence-electron chi connectivity index (χ4n) is 1.12. The van der Waals surface area contributed by atoms with E-state index in [-0.39, 0.29) is 37.2 Å². The van der Waals surface area contributed by atoms with E-state index in [1.807, 2.05) is 0 Å². The third kappa shape index (κ3) is 4.25. The van der Waals surface area contributed by atoms with E-state index >= 15 is 0 Å². The van der Waals surface area contributed by atoms with E-state index < -0.39 is 0 Å². The van der Waals surface area contributed by atoms with Crippen molar-refractivity contribution in [3.63, 3.8) is 0 Å². The Morgan fingerprint density at radius 1 is 1.33 bits per heavy atom. The van der Waals surface area contributed by atoms with Crippen LogP contribution in [0.5, 0.6) is 0 Å². The average molecular weight is 264 g/mol. The second-order valence-electron chi connectivity index (χ2n) is 2.38. The zero-order valence-electron chi connectivity index (χ0n) is 7.07. The molecular formula is C8H11Cl3V. The number of halogens is 3. The zero-order valence-corrected chi connectivity index (χ0v) is 10.7. The second-order valence-corrected chi connectivity index (χ2v) is 3.13. The van der Waals surface area contributed by atoms with E-state index in [9.17, 15) is 0 Å². The van der Waals surface area contributed by atoms with E-state index in [2.05, 4.69) is 37.3 Å². The molecule has 0 heterocycles. The smallest absolute Gasteiger partial charge is 1.00 e. The molecule has 4 heteroatoms. The minimum Gasteiger partial charge on any atom is -1.00 e. The molecule has 1 aliphatic rings. The minimum absolute atomic E-state index is 0. The van der Waals surface area contributed by atoms with Crippen LogP contribution in [0.2, 0.25) is 0 Å². The fourth-order valence-corrected chi connectivity index (χ4v) is 1.51. The molecule has 0 aliphatic heterocycles. The van der Waals surface area contributed by atoms with Crippen LogP contribution in [0, 0.1) is 0 Å². The van der Waals surface area contributed by atoms with Gasteiger partial charge in [0.15, 0.2) is 0 Å². The molecule has 12 heavy (non-hydrogen) atoms. The molecule has 0 N–H and O–H groups in total. The van der Waals surface area contributed by atoms with Gasteiger partial charge in [0.25, 0.3) is 0 Å². The van der Waals surface area contributed by atoms with Gasteiger partial charge in [0, 0.05) is 0 Å². The maximum atomic E-state index is 2.62. The normalized spacial score (nSPS) is 14.2. The number of rotatable bonds is 1. The molecule has 0 saturated heterocycles. The predicted molar refractivity (Wildman–Crippen MR) is 35.7 cm³/mol. The molecule has 0 spiro atoms. The summed E-state index contributed by atoms with van der Waals surface area (Å²) in [6, 6.07) is 0. The number of hydrogen-bond donors (Lipinski definition) is 0. The monoisotopic (exact) mass is 263 g/mol. The van der Waals surface area contributed by atoms with Gasteiger partial charge in [-0.05, 0) is 0 Å². The Morgan fingerprint density at radius 2 is 1.83 bits per heavy atom. The Kier molecular flexibility index (Phi) is 13.3. The van der Waals surface area contributed by atoms with Gasteiger partial charge in [0.05, 0.1) is 0 Å². The van der Waals surface area contributed by atoms with Crippen molar-refractivity contribution in [2.75, 3.05) is 0 Å². The second kappa shape index (κ2) is 8.53. The Balaban J connectivity index is -0.000000270. The molecule has 0 bridgehead atoms. The van der Waals surface area contributed by atoms with Crippen molar-refractivity contribution in [1.82, 2.24) is 0 Å². The first-order valence-corrected chi connectivity index (χ1v) is 4.03. The molecule has 0 amide bonds. The van der Waals surface area contributed by atoms with Gasteiger partial charge in [0.2, 0.25) is 0 Å². The summed E-state index contributed by atoms with van der Waals surface area (Å²) in [6.07, 6.45) is 4.68. The summed E-state index contributed by atoms with van der Waals surface area (Å²) in [4.78, 5) is 0. The first kappa shape index (κ1) is 18.7. The topological polar surface area (TPSA) is 0 Å². The molecule has 0 unspecified atom stereocenters. The quantitative estimate of drug-likeness (QED) is 0.442. The summed E-state index contributed by atoms with van der Waals surface area (Å²) in [7, 11) is 0. The van der Waals surface area contributed by atoms with Crippen LogP contribution >= 0.6 is 0 Å². The van der Waals surface area contributed by atoms with Crippen molar-refractivity contribution < 1.29 is 54.6 Å². The van der Waals surface area contributed by atoms with Crippen molar-refractivity contribution in [3.05, 3.63) is 21.5 Å². The molecule has 0 radical (unpaired) electrons. The Hall–Kier alpha value is 0.934. The number of hydrogen-bond acceptors (Lipinski definition) is 0. The molecule has 1 aliphatic carbocycles. The van der Waals surface area contributed by atoms with Crippen molar-refractivity contribution in [2.24, 2.45) is 0 Å². The molecular weight excluding hydrogens is 253 g/mol. The molecule has 0 aromatic heterocycles. The van der Waals surface area contributed by atoms with Crippen LogP contribution in [0.3, 0.4) is 0 Å². The van der Waals surface area contributed by atoms with Crippen LogP contribution in [0.15, 0.2) is 21.5 Å².